The number of hydrogen-bond donors (Lipinski definition) is 2. The maximum Gasteiger partial charge on any atom is 0.185 e. The van der Waals surface area contributed by atoms with E-state index in [0.29, 0.717) is 17.9 Å². The van der Waals surface area contributed by atoms with Crippen LogP contribution in [0.4, 0.5) is 0 Å². The van der Waals surface area contributed by atoms with E-state index < -0.39 is 11.6 Å². The molecule has 17 heavy (non-hydrogen) atoms. The van der Waals surface area contributed by atoms with Crippen LogP contribution in [0.5, 0.6) is 0 Å². The van der Waals surface area contributed by atoms with Crippen molar-refractivity contribution in [2.24, 2.45) is 0 Å². The Balaban J connectivity index is 2.50. The highest BCUT2D eigenvalue weighted by Gasteiger charge is 2.45. The molecule has 4 heteroatoms. The van der Waals surface area contributed by atoms with E-state index in [9.17, 15) is 9.90 Å². The number of Topliss-reactive ketones (excluding diaryl/α,β-unsaturated/α-hetero) is 1. The summed E-state index contributed by atoms with van der Waals surface area (Å²) in [5.74, 6) is -0.181. The van der Waals surface area contributed by atoms with Crippen LogP contribution in [0.15, 0.2) is 24.3 Å². The van der Waals surface area contributed by atoms with Crippen molar-refractivity contribution < 1.29 is 9.90 Å². The van der Waals surface area contributed by atoms with Crippen LogP contribution in [-0.2, 0) is 10.3 Å². The third-order valence-electron chi connectivity index (χ3n) is 3.51. The molecule has 0 aliphatic heterocycles. The van der Waals surface area contributed by atoms with Crippen LogP contribution < -0.4 is 5.32 Å². The molecule has 0 amide bonds. The highest BCUT2D eigenvalue weighted by Crippen LogP contribution is 2.37. The van der Waals surface area contributed by atoms with Gasteiger partial charge < -0.3 is 10.4 Å². The zero-order valence-corrected chi connectivity index (χ0v) is 10.5. The van der Waals surface area contributed by atoms with Gasteiger partial charge in [-0.05, 0) is 37.9 Å². The van der Waals surface area contributed by atoms with Crippen LogP contribution in [0.25, 0.3) is 0 Å². The van der Waals surface area contributed by atoms with Gasteiger partial charge in [0.15, 0.2) is 5.78 Å². The van der Waals surface area contributed by atoms with E-state index in [-0.39, 0.29) is 5.78 Å². The van der Waals surface area contributed by atoms with Crippen molar-refractivity contribution in [2.75, 3.05) is 7.05 Å². The van der Waals surface area contributed by atoms with E-state index in [4.69, 9.17) is 11.6 Å². The van der Waals surface area contributed by atoms with Gasteiger partial charge in [-0.2, -0.15) is 0 Å². The van der Waals surface area contributed by atoms with Crippen molar-refractivity contribution in [3.05, 3.63) is 34.9 Å². The van der Waals surface area contributed by atoms with Crippen molar-refractivity contribution in [2.45, 2.75) is 30.9 Å². The predicted molar refractivity (Wildman–Crippen MR) is 67.1 cm³/mol. The lowest BCUT2D eigenvalue weighted by Crippen LogP contribution is -2.54. The summed E-state index contributed by atoms with van der Waals surface area (Å²) < 4.78 is 0. The zero-order valence-electron chi connectivity index (χ0n) is 9.74. The summed E-state index contributed by atoms with van der Waals surface area (Å²) in [5, 5.41) is 13.4. The topological polar surface area (TPSA) is 49.3 Å². The van der Waals surface area contributed by atoms with Gasteiger partial charge in [-0.1, -0.05) is 29.8 Å². The van der Waals surface area contributed by atoms with Gasteiger partial charge in [-0.3, -0.25) is 4.79 Å². The maximum atomic E-state index is 12.3. The Hall–Kier alpha value is -0.900. The molecule has 0 aromatic heterocycles. The number of rotatable bonds is 2. The molecule has 0 saturated heterocycles. The van der Waals surface area contributed by atoms with E-state index in [1.807, 2.05) is 18.2 Å². The number of likely N-dealkylation sites (N-methyl/N-ethyl adjacent to an activating group) is 1. The third-order valence-corrected chi connectivity index (χ3v) is 3.84. The van der Waals surface area contributed by atoms with Crippen LogP contribution in [-0.4, -0.2) is 24.0 Å². The Morgan fingerprint density at radius 3 is 2.82 bits per heavy atom. The van der Waals surface area contributed by atoms with Gasteiger partial charge in [0, 0.05) is 5.02 Å². The fourth-order valence-corrected chi connectivity index (χ4v) is 2.85. The number of nitrogens with one attached hydrogen (secondary N) is 1. The normalized spacial score (nSPS) is 29.4. The molecule has 0 bridgehead atoms. The fraction of sp³-hybridized carbons (Fsp3) is 0.462. The largest absolute Gasteiger partial charge is 0.385 e. The van der Waals surface area contributed by atoms with Crippen LogP contribution in [0, 0.1) is 0 Å². The zero-order chi connectivity index (χ0) is 12.5. The first-order valence-electron chi connectivity index (χ1n) is 5.78. The first-order valence-corrected chi connectivity index (χ1v) is 6.16. The number of benzene rings is 1. The summed E-state index contributed by atoms with van der Waals surface area (Å²) in [4.78, 5) is 12.3. The second-order valence-electron chi connectivity index (χ2n) is 4.41. The number of aliphatic hydroxyl groups is 1. The van der Waals surface area contributed by atoms with Gasteiger partial charge in [0.2, 0.25) is 0 Å². The quantitative estimate of drug-likeness (QED) is 0.846. The molecule has 1 aliphatic rings. The number of ketones is 1. The number of carbonyl (C=O) groups excluding carboxylic acids is 1. The van der Waals surface area contributed by atoms with E-state index in [1.165, 1.54) is 0 Å². The Morgan fingerprint density at radius 2 is 2.18 bits per heavy atom. The molecule has 2 atom stereocenters. The average Bonchev–Trinajstić information content (AvgIpc) is 2.34. The monoisotopic (exact) mass is 253 g/mol. The van der Waals surface area contributed by atoms with E-state index in [2.05, 4.69) is 5.32 Å². The molecule has 1 fully saturated rings. The van der Waals surface area contributed by atoms with Gasteiger partial charge in [-0.25, -0.2) is 0 Å². The van der Waals surface area contributed by atoms with Crippen LogP contribution in [0.1, 0.15) is 24.8 Å². The van der Waals surface area contributed by atoms with E-state index >= 15 is 0 Å². The van der Waals surface area contributed by atoms with Crippen molar-refractivity contribution in [3.63, 3.8) is 0 Å². The van der Waals surface area contributed by atoms with Gasteiger partial charge >= 0.3 is 0 Å². The van der Waals surface area contributed by atoms with Crippen molar-refractivity contribution in [1.29, 1.82) is 0 Å². The smallest absolute Gasteiger partial charge is 0.185 e. The number of halogens is 1. The number of hydrogen-bond acceptors (Lipinski definition) is 3. The minimum absolute atomic E-state index is 0.181. The maximum absolute atomic E-state index is 12.3. The first kappa shape index (κ1) is 12.6. The molecule has 92 valence electrons. The molecule has 2 rings (SSSR count). The molecular weight excluding hydrogens is 238 g/mol. The average molecular weight is 254 g/mol. The minimum Gasteiger partial charge on any atom is -0.385 e. The highest BCUT2D eigenvalue weighted by molar-refractivity contribution is 6.31. The lowest BCUT2D eigenvalue weighted by Gasteiger charge is -2.38. The Labute approximate surface area is 106 Å². The molecule has 0 spiro atoms. The summed E-state index contributed by atoms with van der Waals surface area (Å²) in [6, 6.07) is 7.30. The Bertz CT molecular complexity index is 435. The summed E-state index contributed by atoms with van der Waals surface area (Å²) in [5.41, 5.74) is -0.0800. The van der Waals surface area contributed by atoms with E-state index in [0.717, 1.165) is 12.0 Å². The lowest BCUT2D eigenvalue weighted by atomic mass is 9.74. The Morgan fingerprint density at radius 1 is 1.47 bits per heavy atom. The molecule has 1 saturated carbocycles. The summed E-state index contributed by atoms with van der Waals surface area (Å²) >= 11 is 6.17. The molecule has 2 N–H and O–H groups in total. The molecule has 1 aromatic rings. The molecule has 1 aliphatic carbocycles. The third kappa shape index (κ3) is 1.99. The molecule has 3 nitrogen and oxygen atoms in total. The van der Waals surface area contributed by atoms with Gasteiger partial charge in [0.25, 0.3) is 0 Å². The summed E-state index contributed by atoms with van der Waals surface area (Å²) in [6.07, 6.45) is 1.11. The number of carbonyl (C=O) groups is 1. The summed E-state index contributed by atoms with van der Waals surface area (Å²) in [7, 11) is 1.74. The molecule has 1 aromatic carbocycles. The highest BCUT2D eigenvalue weighted by atomic mass is 35.5. The Kier molecular flexibility index (Phi) is 3.52. The summed E-state index contributed by atoms with van der Waals surface area (Å²) in [6.45, 7) is 0. The van der Waals surface area contributed by atoms with Crippen molar-refractivity contribution in [3.8, 4) is 0 Å². The fourth-order valence-electron chi connectivity index (χ4n) is 2.56. The van der Waals surface area contributed by atoms with Gasteiger partial charge in [0.05, 0.1) is 0 Å². The molecule has 0 heterocycles. The molecule has 0 radical (unpaired) electrons. The molecule has 0 unspecified atom stereocenters. The van der Waals surface area contributed by atoms with Crippen LogP contribution in [0.3, 0.4) is 0 Å². The lowest BCUT2D eigenvalue weighted by molar-refractivity contribution is -0.137. The van der Waals surface area contributed by atoms with Crippen molar-refractivity contribution in [1.82, 2.24) is 5.32 Å². The first-order chi connectivity index (χ1) is 8.12. The molecular formula is C13H16ClNO2. The number of aliphatic hydroxyl groups excluding tert-OH is 1. The second kappa shape index (κ2) is 4.77. The minimum atomic E-state index is -0.896. The second-order valence-corrected chi connectivity index (χ2v) is 4.81. The SMILES string of the molecule is CN[C@]1(c2ccccc2Cl)CCC[C@H](O)C1=O. The van der Waals surface area contributed by atoms with E-state index in [1.54, 1.807) is 13.1 Å². The van der Waals surface area contributed by atoms with Crippen molar-refractivity contribution >= 4 is 17.4 Å². The predicted octanol–water partition coefficient (Wildman–Crippen LogP) is 1.87. The van der Waals surface area contributed by atoms with Gasteiger partial charge in [-0.15, -0.1) is 0 Å². The van der Waals surface area contributed by atoms with Crippen LogP contribution >= 0.6 is 11.6 Å². The standard InChI is InChI=1S/C13H16ClNO2/c1-15-13(8-4-7-11(16)12(13)17)9-5-2-3-6-10(9)14/h2-3,5-6,11,15-16H,4,7-8H2,1H3/t11-,13-/m0/s1. The van der Waals surface area contributed by atoms with Gasteiger partial charge in [0.1, 0.15) is 11.6 Å². The van der Waals surface area contributed by atoms with Crippen LogP contribution in [0.2, 0.25) is 5.02 Å².